The van der Waals surface area contributed by atoms with Crippen LogP contribution in [0.5, 0.6) is 0 Å². The summed E-state index contributed by atoms with van der Waals surface area (Å²) in [5, 5.41) is 7.18. The highest BCUT2D eigenvalue weighted by Crippen LogP contribution is 2.31. The molecule has 2 rings (SSSR count). The molecule has 0 unspecified atom stereocenters. The number of thiophene rings is 1. The first-order valence-electron chi connectivity index (χ1n) is 4.72. The molecule has 0 saturated heterocycles. The van der Waals surface area contributed by atoms with Gasteiger partial charge in [0.15, 0.2) is 0 Å². The zero-order valence-electron chi connectivity index (χ0n) is 8.59. The van der Waals surface area contributed by atoms with E-state index in [0.717, 1.165) is 26.8 Å². The average molecular weight is 322 g/mol. The molecule has 0 atom stereocenters. The fourth-order valence-corrected chi connectivity index (χ4v) is 3.05. The van der Waals surface area contributed by atoms with Gasteiger partial charge in [-0.1, -0.05) is 16.8 Å². The number of rotatable bonds is 4. The van der Waals surface area contributed by atoms with Gasteiger partial charge in [0.25, 0.3) is 0 Å². The molecule has 0 fully saturated rings. The first-order valence-corrected chi connectivity index (χ1v) is 6.70. The Kier molecular flexibility index (Phi) is 4.02. The molecule has 2 heterocycles. The highest BCUT2D eigenvalue weighted by molar-refractivity contribution is 9.10. The number of hydrogen-bond donors (Lipinski definition) is 1. The summed E-state index contributed by atoms with van der Waals surface area (Å²) in [7, 11) is 0. The maximum atomic E-state index is 5.95. The molecule has 2 aromatic rings. The van der Waals surface area contributed by atoms with Crippen LogP contribution in [0.4, 0.5) is 0 Å². The monoisotopic (exact) mass is 320 g/mol. The van der Waals surface area contributed by atoms with E-state index in [0.29, 0.717) is 6.54 Å². The largest absolute Gasteiger partial charge is 0.361 e. The molecule has 0 amide bonds. The second-order valence-electron chi connectivity index (χ2n) is 3.37. The third-order valence-corrected chi connectivity index (χ3v) is 4.45. The Morgan fingerprint density at radius 2 is 2.31 bits per heavy atom. The van der Waals surface area contributed by atoms with Crippen LogP contribution in [0.2, 0.25) is 4.34 Å². The molecule has 2 aromatic heterocycles. The van der Waals surface area contributed by atoms with Crippen LogP contribution in [-0.2, 0) is 13.1 Å². The maximum absolute atomic E-state index is 5.95. The van der Waals surface area contributed by atoms with Gasteiger partial charge < -0.3 is 9.84 Å². The molecule has 0 aliphatic heterocycles. The van der Waals surface area contributed by atoms with Crippen molar-refractivity contribution in [2.75, 3.05) is 0 Å². The second kappa shape index (κ2) is 5.31. The second-order valence-corrected chi connectivity index (χ2v) is 5.96. The molecule has 0 bridgehead atoms. The van der Waals surface area contributed by atoms with Crippen LogP contribution in [0.25, 0.3) is 0 Å². The van der Waals surface area contributed by atoms with Gasteiger partial charge in [0.1, 0.15) is 10.1 Å². The van der Waals surface area contributed by atoms with Crippen LogP contribution in [0.1, 0.15) is 16.3 Å². The Hall–Kier alpha value is -0.360. The summed E-state index contributed by atoms with van der Waals surface area (Å²) in [5.41, 5.74) is 0.916. The lowest BCUT2D eigenvalue weighted by molar-refractivity contribution is 0.388. The van der Waals surface area contributed by atoms with Gasteiger partial charge in [-0.2, -0.15) is 0 Å². The molecule has 1 N–H and O–H groups in total. The lowest BCUT2D eigenvalue weighted by Gasteiger charge is -1.98. The topological polar surface area (TPSA) is 38.1 Å². The standard InChI is InChI=1S/C10H10BrClN2OS/c1-6-2-7(14-15-6)4-13-5-8-3-9(11)10(12)16-8/h2-3,13H,4-5H2,1H3. The zero-order valence-corrected chi connectivity index (χ0v) is 11.7. The van der Waals surface area contributed by atoms with Crippen molar-refractivity contribution >= 4 is 38.9 Å². The molecule has 0 aromatic carbocycles. The number of halogens is 2. The number of hydrogen-bond acceptors (Lipinski definition) is 4. The third-order valence-electron chi connectivity index (χ3n) is 1.98. The van der Waals surface area contributed by atoms with Gasteiger partial charge in [0.2, 0.25) is 0 Å². The molecule has 3 nitrogen and oxygen atoms in total. The predicted molar refractivity (Wildman–Crippen MR) is 68.8 cm³/mol. The van der Waals surface area contributed by atoms with Crippen LogP contribution in [0.3, 0.4) is 0 Å². The van der Waals surface area contributed by atoms with Gasteiger partial charge in [0.05, 0.1) is 5.69 Å². The molecular weight excluding hydrogens is 312 g/mol. The van der Waals surface area contributed by atoms with Crippen LogP contribution < -0.4 is 5.32 Å². The van der Waals surface area contributed by atoms with Crippen LogP contribution in [-0.4, -0.2) is 5.16 Å². The van der Waals surface area contributed by atoms with Gasteiger partial charge in [-0.15, -0.1) is 11.3 Å². The molecule has 6 heteroatoms. The minimum absolute atomic E-state index is 0.699. The van der Waals surface area contributed by atoms with Crippen molar-refractivity contribution in [3.8, 4) is 0 Å². The molecule has 0 aliphatic carbocycles. The summed E-state index contributed by atoms with van der Waals surface area (Å²) < 4.78 is 6.71. The van der Waals surface area contributed by atoms with Crippen LogP contribution in [0.15, 0.2) is 21.1 Å². The number of nitrogens with one attached hydrogen (secondary N) is 1. The van der Waals surface area contributed by atoms with Gasteiger partial charge in [0, 0.05) is 28.5 Å². The van der Waals surface area contributed by atoms with Crippen molar-refractivity contribution in [1.82, 2.24) is 10.5 Å². The maximum Gasteiger partial charge on any atom is 0.133 e. The highest BCUT2D eigenvalue weighted by atomic mass is 79.9. The Labute approximate surface area is 111 Å². The van der Waals surface area contributed by atoms with Crippen molar-refractivity contribution in [2.45, 2.75) is 20.0 Å². The fourth-order valence-electron chi connectivity index (χ4n) is 1.29. The summed E-state index contributed by atoms with van der Waals surface area (Å²) in [6.07, 6.45) is 0. The zero-order chi connectivity index (χ0) is 11.5. The summed E-state index contributed by atoms with van der Waals surface area (Å²) in [6.45, 7) is 3.36. The van der Waals surface area contributed by atoms with E-state index in [9.17, 15) is 0 Å². The molecule has 0 spiro atoms. The first kappa shape index (κ1) is 12.1. The number of nitrogens with zero attached hydrogens (tertiary/aromatic N) is 1. The van der Waals surface area contributed by atoms with Crippen molar-refractivity contribution < 1.29 is 4.52 Å². The van der Waals surface area contributed by atoms with E-state index >= 15 is 0 Å². The summed E-state index contributed by atoms with van der Waals surface area (Å²) in [5.74, 6) is 0.832. The molecule has 0 saturated carbocycles. The van der Waals surface area contributed by atoms with Crippen molar-refractivity contribution in [3.05, 3.63) is 37.3 Å². The third kappa shape index (κ3) is 3.07. The lowest BCUT2D eigenvalue weighted by atomic mass is 10.3. The molecular formula is C10H10BrClN2OS. The molecule has 0 radical (unpaired) electrons. The molecule has 0 aliphatic rings. The van der Waals surface area contributed by atoms with Gasteiger partial charge in [-0.3, -0.25) is 0 Å². The van der Waals surface area contributed by atoms with Crippen molar-refractivity contribution in [1.29, 1.82) is 0 Å². The van der Waals surface area contributed by atoms with E-state index in [1.165, 1.54) is 4.88 Å². The Morgan fingerprint density at radius 1 is 1.50 bits per heavy atom. The summed E-state index contributed by atoms with van der Waals surface area (Å²) in [4.78, 5) is 1.19. The van der Waals surface area contributed by atoms with E-state index in [4.69, 9.17) is 16.1 Å². The van der Waals surface area contributed by atoms with Crippen molar-refractivity contribution in [2.24, 2.45) is 0 Å². The fraction of sp³-hybridized carbons (Fsp3) is 0.300. The Balaban J connectivity index is 1.84. The first-order chi connectivity index (χ1) is 7.65. The van der Waals surface area contributed by atoms with Crippen molar-refractivity contribution in [3.63, 3.8) is 0 Å². The summed E-state index contributed by atoms with van der Waals surface area (Å²) in [6, 6.07) is 3.94. The van der Waals surface area contributed by atoms with Gasteiger partial charge in [-0.05, 0) is 28.9 Å². The molecule has 86 valence electrons. The van der Waals surface area contributed by atoms with E-state index in [2.05, 4.69) is 26.4 Å². The van der Waals surface area contributed by atoms with Crippen LogP contribution in [0, 0.1) is 6.92 Å². The lowest BCUT2D eigenvalue weighted by Crippen LogP contribution is -2.11. The SMILES string of the molecule is Cc1cc(CNCc2cc(Br)c(Cl)s2)no1. The van der Waals surface area contributed by atoms with Gasteiger partial charge in [-0.25, -0.2) is 0 Å². The van der Waals surface area contributed by atoms with E-state index in [-0.39, 0.29) is 0 Å². The minimum atomic E-state index is 0.699. The van der Waals surface area contributed by atoms with E-state index in [1.54, 1.807) is 11.3 Å². The highest BCUT2D eigenvalue weighted by Gasteiger charge is 2.04. The van der Waals surface area contributed by atoms with E-state index in [1.807, 2.05) is 19.1 Å². The predicted octanol–water partition coefficient (Wildman–Crippen LogP) is 3.75. The summed E-state index contributed by atoms with van der Waals surface area (Å²) >= 11 is 10.9. The van der Waals surface area contributed by atoms with E-state index < -0.39 is 0 Å². The average Bonchev–Trinajstić information content (AvgIpc) is 2.75. The molecule has 16 heavy (non-hydrogen) atoms. The van der Waals surface area contributed by atoms with Crippen LogP contribution >= 0.6 is 38.9 Å². The minimum Gasteiger partial charge on any atom is -0.361 e. The normalized spacial score (nSPS) is 10.9. The smallest absolute Gasteiger partial charge is 0.133 e. The number of aromatic nitrogens is 1. The quantitative estimate of drug-likeness (QED) is 0.932. The Bertz CT molecular complexity index is 463. The Morgan fingerprint density at radius 3 is 2.88 bits per heavy atom. The van der Waals surface area contributed by atoms with Gasteiger partial charge >= 0.3 is 0 Å². The number of aryl methyl sites for hydroxylation is 1.